The average Bonchev–Trinajstić information content (AvgIpc) is 2.46. The Morgan fingerprint density at radius 1 is 1.36 bits per heavy atom. The van der Waals surface area contributed by atoms with Gasteiger partial charge in [0.25, 0.3) is 0 Å². The lowest BCUT2D eigenvalue weighted by molar-refractivity contribution is -0.130. The van der Waals surface area contributed by atoms with Gasteiger partial charge in [-0.05, 0) is 6.42 Å². The van der Waals surface area contributed by atoms with Gasteiger partial charge < -0.3 is 4.90 Å². The number of hydrogen-bond donors (Lipinski definition) is 0. The molecule has 0 radical (unpaired) electrons. The highest BCUT2D eigenvalue weighted by Gasteiger charge is 2.37. The molecule has 14 heavy (non-hydrogen) atoms. The van der Waals surface area contributed by atoms with Crippen LogP contribution in [0, 0.1) is 0 Å². The normalized spacial score (nSPS) is 29.4. The Balaban J connectivity index is 2.10. The second-order valence-electron chi connectivity index (χ2n) is 3.90. The van der Waals surface area contributed by atoms with E-state index in [2.05, 4.69) is 0 Å². The molecule has 2 fully saturated rings. The van der Waals surface area contributed by atoms with Gasteiger partial charge in [0.15, 0.2) is 0 Å². The van der Waals surface area contributed by atoms with Crippen LogP contribution in [0.25, 0.3) is 0 Å². The first kappa shape index (κ1) is 9.92. The molecule has 0 aromatic heterocycles. The van der Waals surface area contributed by atoms with E-state index >= 15 is 0 Å². The fourth-order valence-corrected chi connectivity index (χ4v) is 2.99. The first-order chi connectivity index (χ1) is 6.48. The number of carbonyl (C=O) groups excluding carboxylic acids is 1. The highest BCUT2D eigenvalue weighted by Crippen LogP contribution is 2.23. The first-order valence-corrected chi connectivity index (χ1v) is 6.58. The summed E-state index contributed by atoms with van der Waals surface area (Å²) in [5.41, 5.74) is 0. The molecule has 2 aliphatic rings. The molecular formula is C8H14N2O3S. The fourth-order valence-electron chi connectivity index (χ4n) is 2.14. The number of sulfonamides is 1. The minimum Gasteiger partial charge on any atom is -0.337 e. The maximum absolute atomic E-state index is 11.3. The zero-order chi connectivity index (χ0) is 10.3. The molecule has 0 unspecified atom stereocenters. The van der Waals surface area contributed by atoms with Crippen LogP contribution in [0.4, 0.5) is 0 Å². The third kappa shape index (κ3) is 1.64. The molecular weight excluding hydrogens is 204 g/mol. The monoisotopic (exact) mass is 218 g/mol. The largest absolute Gasteiger partial charge is 0.337 e. The van der Waals surface area contributed by atoms with Crippen LogP contribution >= 0.6 is 0 Å². The molecule has 1 amide bonds. The van der Waals surface area contributed by atoms with Gasteiger partial charge in [-0.15, -0.1) is 0 Å². The summed E-state index contributed by atoms with van der Waals surface area (Å²) in [5.74, 6) is 0.170. The second-order valence-corrected chi connectivity index (χ2v) is 5.88. The Bertz CT molecular complexity index is 352. The second kappa shape index (κ2) is 3.20. The van der Waals surface area contributed by atoms with Crippen molar-refractivity contribution in [2.75, 3.05) is 25.9 Å². The third-order valence-electron chi connectivity index (χ3n) is 2.93. The highest BCUT2D eigenvalue weighted by molar-refractivity contribution is 7.88. The Morgan fingerprint density at radius 3 is 2.71 bits per heavy atom. The maximum Gasteiger partial charge on any atom is 0.222 e. The molecule has 0 aromatic rings. The van der Waals surface area contributed by atoms with Gasteiger partial charge in [-0.3, -0.25) is 4.79 Å². The van der Waals surface area contributed by atoms with Crippen LogP contribution in [0.1, 0.15) is 12.8 Å². The number of amides is 1. The Morgan fingerprint density at radius 2 is 2.07 bits per heavy atom. The van der Waals surface area contributed by atoms with Crippen molar-refractivity contribution in [1.29, 1.82) is 0 Å². The van der Waals surface area contributed by atoms with E-state index in [1.807, 2.05) is 4.90 Å². The number of hydrogen-bond acceptors (Lipinski definition) is 3. The summed E-state index contributed by atoms with van der Waals surface area (Å²) >= 11 is 0. The van der Waals surface area contributed by atoms with Crippen LogP contribution in [0.3, 0.4) is 0 Å². The van der Waals surface area contributed by atoms with Crippen LogP contribution in [0.15, 0.2) is 0 Å². The van der Waals surface area contributed by atoms with E-state index < -0.39 is 10.0 Å². The van der Waals surface area contributed by atoms with Crippen LogP contribution in [0.5, 0.6) is 0 Å². The minimum atomic E-state index is -3.09. The molecule has 0 saturated carbocycles. The number of carbonyl (C=O) groups is 1. The van der Waals surface area contributed by atoms with Crippen molar-refractivity contribution >= 4 is 15.9 Å². The molecule has 80 valence electrons. The Hall–Kier alpha value is -0.620. The molecule has 0 aliphatic carbocycles. The van der Waals surface area contributed by atoms with Gasteiger partial charge >= 0.3 is 0 Å². The van der Waals surface area contributed by atoms with E-state index in [1.54, 1.807) is 0 Å². The maximum atomic E-state index is 11.3. The van der Waals surface area contributed by atoms with Gasteiger partial charge in [-0.2, -0.15) is 4.31 Å². The number of nitrogens with zero attached hydrogens (tertiary/aromatic N) is 2. The summed E-state index contributed by atoms with van der Waals surface area (Å²) in [4.78, 5) is 13.1. The van der Waals surface area contributed by atoms with E-state index in [1.165, 1.54) is 10.6 Å². The van der Waals surface area contributed by atoms with Crippen molar-refractivity contribution in [2.24, 2.45) is 0 Å². The molecule has 0 aromatic carbocycles. The van der Waals surface area contributed by atoms with E-state index in [9.17, 15) is 13.2 Å². The molecule has 0 N–H and O–H groups in total. The van der Waals surface area contributed by atoms with E-state index in [0.717, 1.165) is 6.42 Å². The van der Waals surface area contributed by atoms with Crippen LogP contribution < -0.4 is 0 Å². The van der Waals surface area contributed by atoms with Crippen molar-refractivity contribution in [3.63, 3.8) is 0 Å². The number of piperazine rings is 1. The molecule has 0 bridgehead atoms. The van der Waals surface area contributed by atoms with Gasteiger partial charge in [0, 0.05) is 32.1 Å². The zero-order valence-electron chi connectivity index (χ0n) is 8.14. The van der Waals surface area contributed by atoms with Gasteiger partial charge in [0.1, 0.15) is 0 Å². The zero-order valence-corrected chi connectivity index (χ0v) is 8.96. The van der Waals surface area contributed by atoms with Crippen molar-refractivity contribution in [3.05, 3.63) is 0 Å². The quantitative estimate of drug-likeness (QED) is 0.582. The molecule has 2 heterocycles. The Kier molecular flexibility index (Phi) is 2.27. The standard InChI is InChI=1S/C8H14N2O3S/c1-14(12,13)9-4-5-10-7(6-9)2-3-8(10)11/h7H,2-6H2,1H3/t7-/m0/s1. The minimum absolute atomic E-state index is 0.117. The predicted molar refractivity (Wildman–Crippen MR) is 51.2 cm³/mol. The van der Waals surface area contributed by atoms with Crippen LogP contribution in [-0.2, 0) is 14.8 Å². The van der Waals surface area contributed by atoms with Crippen molar-refractivity contribution < 1.29 is 13.2 Å². The average molecular weight is 218 g/mol. The topological polar surface area (TPSA) is 57.7 Å². The first-order valence-electron chi connectivity index (χ1n) is 4.73. The lowest BCUT2D eigenvalue weighted by Gasteiger charge is -2.36. The summed E-state index contributed by atoms with van der Waals surface area (Å²) in [5, 5.41) is 0. The van der Waals surface area contributed by atoms with Gasteiger partial charge in [-0.25, -0.2) is 8.42 Å². The van der Waals surface area contributed by atoms with Gasteiger partial charge in [0.05, 0.1) is 6.26 Å². The molecule has 2 saturated heterocycles. The molecule has 0 spiro atoms. The van der Waals surface area contributed by atoms with E-state index in [-0.39, 0.29) is 11.9 Å². The molecule has 6 heteroatoms. The fraction of sp³-hybridized carbons (Fsp3) is 0.875. The highest BCUT2D eigenvalue weighted by atomic mass is 32.2. The molecule has 2 rings (SSSR count). The molecule has 2 aliphatic heterocycles. The van der Waals surface area contributed by atoms with Gasteiger partial charge in [-0.1, -0.05) is 0 Å². The lowest BCUT2D eigenvalue weighted by Crippen LogP contribution is -2.52. The van der Waals surface area contributed by atoms with Crippen molar-refractivity contribution in [2.45, 2.75) is 18.9 Å². The molecule has 1 atom stereocenters. The SMILES string of the molecule is CS(=O)(=O)N1CCN2C(=O)CC[C@H]2C1. The Labute approximate surface area is 83.7 Å². The van der Waals surface area contributed by atoms with E-state index in [0.29, 0.717) is 26.1 Å². The number of fused-ring (bicyclic) bond motifs is 1. The van der Waals surface area contributed by atoms with Crippen molar-refractivity contribution in [3.8, 4) is 0 Å². The summed E-state index contributed by atoms with van der Waals surface area (Å²) in [6, 6.07) is 0.117. The van der Waals surface area contributed by atoms with Crippen LogP contribution in [-0.4, -0.2) is 55.5 Å². The lowest BCUT2D eigenvalue weighted by atomic mass is 10.2. The van der Waals surface area contributed by atoms with E-state index in [4.69, 9.17) is 0 Å². The van der Waals surface area contributed by atoms with Gasteiger partial charge in [0.2, 0.25) is 15.9 Å². The molecule has 5 nitrogen and oxygen atoms in total. The van der Waals surface area contributed by atoms with Crippen molar-refractivity contribution in [1.82, 2.24) is 9.21 Å². The summed E-state index contributed by atoms with van der Waals surface area (Å²) < 4.78 is 24.0. The van der Waals surface area contributed by atoms with Crippen LogP contribution in [0.2, 0.25) is 0 Å². The predicted octanol–water partition coefficient (Wildman–Crippen LogP) is -0.747. The summed E-state index contributed by atoms with van der Waals surface area (Å²) in [7, 11) is -3.09. The number of rotatable bonds is 1. The third-order valence-corrected chi connectivity index (χ3v) is 4.20. The summed E-state index contributed by atoms with van der Waals surface area (Å²) in [6.07, 6.45) is 2.59. The smallest absolute Gasteiger partial charge is 0.222 e. The summed E-state index contributed by atoms with van der Waals surface area (Å²) in [6.45, 7) is 1.47.